The van der Waals surface area contributed by atoms with Crippen LogP contribution in [0.1, 0.15) is 33.8 Å². The van der Waals surface area contributed by atoms with Crippen molar-refractivity contribution in [2.75, 3.05) is 11.9 Å². The van der Waals surface area contributed by atoms with Crippen molar-refractivity contribution in [2.24, 2.45) is 0 Å². The van der Waals surface area contributed by atoms with E-state index in [1.54, 1.807) is 24.4 Å². The summed E-state index contributed by atoms with van der Waals surface area (Å²) in [6, 6.07) is 24.8. The number of hydrogen-bond acceptors (Lipinski definition) is 4. The van der Waals surface area contributed by atoms with Crippen molar-refractivity contribution < 1.29 is 14.7 Å². The number of anilines is 1. The molecule has 1 aliphatic heterocycles. The van der Waals surface area contributed by atoms with E-state index in [1.807, 2.05) is 82.4 Å². The molecule has 180 valence electrons. The molecule has 1 amide bonds. The fourth-order valence-corrected chi connectivity index (χ4v) is 4.74. The highest BCUT2D eigenvalue weighted by Gasteiger charge is 2.42. The lowest BCUT2D eigenvalue weighted by molar-refractivity contribution is -0.116. The topological polar surface area (TPSA) is 99.5 Å². The molecule has 4 aromatic rings. The third-order valence-corrected chi connectivity index (χ3v) is 6.38. The van der Waals surface area contributed by atoms with Gasteiger partial charge in [-0.15, -0.1) is 0 Å². The Labute approximate surface area is 213 Å². The summed E-state index contributed by atoms with van der Waals surface area (Å²) in [4.78, 5) is 31.0. The van der Waals surface area contributed by atoms with Crippen LogP contribution in [0.2, 0.25) is 0 Å². The molecule has 0 unspecified atom stereocenters. The van der Waals surface area contributed by atoms with Crippen molar-refractivity contribution >= 4 is 34.9 Å². The monoisotopic (exact) mass is 497 g/mol. The van der Waals surface area contributed by atoms with Gasteiger partial charge < -0.3 is 25.2 Å². The number of nitrogens with zero attached hydrogens (tertiary/aromatic N) is 3. The van der Waals surface area contributed by atoms with Gasteiger partial charge >= 0.3 is 5.97 Å². The Balaban J connectivity index is 1.53. The summed E-state index contributed by atoms with van der Waals surface area (Å²) < 4.78 is 1.92. The van der Waals surface area contributed by atoms with E-state index in [0.717, 1.165) is 11.4 Å². The minimum atomic E-state index is -1.00. The first-order valence-electron chi connectivity index (χ1n) is 11.4. The lowest BCUT2D eigenvalue weighted by atomic mass is 10.0. The highest BCUT2D eigenvalue weighted by Crippen LogP contribution is 2.39. The Morgan fingerprint density at radius 2 is 1.81 bits per heavy atom. The van der Waals surface area contributed by atoms with Crippen LogP contribution in [0.4, 0.5) is 5.69 Å². The lowest BCUT2D eigenvalue weighted by Gasteiger charge is -2.28. The first-order valence-corrected chi connectivity index (χ1v) is 11.8. The molecule has 1 aliphatic rings. The molecule has 0 bridgehead atoms. The number of thiocarbonyl (C=S) groups is 1. The van der Waals surface area contributed by atoms with E-state index >= 15 is 0 Å². The molecule has 0 radical (unpaired) electrons. The molecule has 36 heavy (non-hydrogen) atoms. The van der Waals surface area contributed by atoms with Gasteiger partial charge in [0.15, 0.2) is 5.11 Å². The third kappa shape index (κ3) is 4.69. The van der Waals surface area contributed by atoms with Crippen LogP contribution in [0.3, 0.4) is 0 Å². The highest BCUT2D eigenvalue weighted by molar-refractivity contribution is 7.80. The zero-order chi connectivity index (χ0) is 25.1. The molecule has 1 fully saturated rings. The summed E-state index contributed by atoms with van der Waals surface area (Å²) in [6.45, 7) is 0.0229. The van der Waals surface area contributed by atoms with E-state index in [1.165, 1.54) is 0 Å². The zero-order valence-corrected chi connectivity index (χ0v) is 19.9. The van der Waals surface area contributed by atoms with Crippen molar-refractivity contribution in [3.8, 4) is 5.69 Å². The second-order valence-electron chi connectivity index (χ2n) is 8.33. The van der Waals surface area contributed by atoms with Crippen molar-refractivity contribution in [1.82, 2.24) is 19.8 Å². The molecule has 0 spiro atoms. The van der Waals surface area contributed by atoms with Gasteiger partial charge in [0, 0.05) is 29.5 Å². The van der Waals surface area contributed by atoms with Crippen LogP contribution in [-0.2, 0) is 4.79 Å². The molecular formula is C27H23N5O3S. The minimum Gasteiger partial charge on any atom is -0.478 e. The number of amides is 1. The van der Waals surface area contributed by atoms with Crippen LogP contribution in [-0.4, -0.2) is 43.1 Å². The largest absolute Gasteiger partial charge is 0.478 e. The quantitative estimate of drug-likeness (QED) is 0.330. The summed E-state index contributed by atoms with van der Waals surface area (Å²) >= 11 is 5.69. The first-order chi connectivity index (χ1) is 17.5. The van der Waals surface area contributed by atoms with Crippen LogP contribution in [0, 0.1) is 0 Å². The fraction of sp³-hybridized carbons (Fsp3) is 0.111. The average molecular weight is 498 g/mol. The number of para-hydroxylation sites is 1. The summed E-state index contributed by atoms with van der Waals surface area (Å²) in [6.07, 6.45) is 3.59. The predicted octanol–water partition coefficient (Wildman–Crippen LogP) is 4.18. The number of carboxylic acids is 1. The molecule has 2 atom stereocenters. The Kier molecular flexibility index (Phi) is 6.46. The number of carbonyl (C=O) groups excluding carboxylic acids is 1. The van der Waals surface area contributed by atoms with Gasteiger partial charge in [0.2, 0.25) is 5.91 Å². The number of aromatic nitrogens is 2. The summed E-state index contributed by atoms with van der Waals surface area (Å²) in [7, 11) is 0. The normalized spacial score (nSPS) is 17.0. The van der Waals surface area contributed by atoms with E-state index in [4.69, 9.17) is 12.2 Å². The van der Waals surface area contributed by atoms with Crippen LogP contribution in [0.5, 0.6) is 0 Å². The Morgan fingerprint density at radius 3 is 2.56 bits per heavy atom. The summed E-state index contributed by atoms with van der Waals surface area (Å²) in [5, 5.41) is 16.2. The Morgan fingerprint density at radius 1 is 1.00 bits per heavy atom. The highest BCUT2D eigenvalue weighted by atomic mass is 32.1. The van der Waals surface area contributed by atoms with Gasteiger partial charge in [-0.05, 0) is 66.8 Å². The molecule has 3 heterocycles. The molecule has 1 saturated heterocycles. The number of carboxylic acid groups (broad SMARTS) is 1. The molecule has 0 aliphatic carbocycles. The molecule has 3 N–H and O–H groups in total. The molecule has 2 aromatic carbocycles. The van der Waals surface area contributed by atoms with Crippen molar-refractivity contribution in [3.05, 3.63) is 114 Å². The van der Waals surface area contributed by atoms with Gasteiger partial charge in [0.05, 0.1) is 23.3 Å². The fourth-order valence-electron chi connectivity index (χ4n) is 4.43. The number of benzene rings is 2. The molecule has 8 nitrogen and oxygen atoms in total. The smallest absolute Gasteiger partial charge is 0.335 e. The van der Waals surface area contributed by atoms with E-state index in [2.05, 4.69) is 15.6 Å². The minimum absolute atomic E-state index is 0.0229. The molecule has 2 aromatic heterocycles. The van der Waals surface area contributed by atoms with Crippen molar-refractivity contribution in [1.29, 1.82) is 0 Å². The summed E-state index contributed by atoms with van der Waals surface area (Å²) in [5.74, 6) is -1.21. The van der Waals surface area contributed by atoms with E-state index in [0.29, 0.717) is 16.5 Å². The number of pyridine rings is 1. The second kappa shape index (κ2) is 10.0. The van der Waals surface area contributed by atoms with Crippen LogP contribution in [0.25, 0.3) is 5.69 Å². The van der Waals surface area contributed by atoms with Crippen LogP contribution >= 0.6 is 12.2 Å². The Bertz CT molecular complexity index is 1410. The van der Waals surface area contributed by atoms with Gasteiger partial charge in [-0.3, -0.25) is 9.78 Å². The lowest BCUT2D eigenvalue weighted by Crippen LogP contribution is -2.37. The first kappa shape index (κ1) is 23.3. The molecule has 0 saturated carbocycles. The molecule has 5 rings (SSSR count). The number of hydrogen-bond donors (Lipinski definition) is 3. The maximum Gasteiger partial charge on any atom is 0.335 e. The average Bonchev–Trinajstić information content (AvgIpc) is 3.50. The van der Waals surface area contributed by atoms with E-state index in [9.17, 15) is 14.7 Å². The van der Waals surface area contributed by atoms with Gasteiger partial charge in [-0.2, -0.15) is 0 Å². The van der Waals surface area contributed by atoms with E-state index in [-0.39, 0.29) is 30.1 Å². The molecular weight excluding hydrogens is 474 g/mol. The number of nitrogens with one attached hydrogen (secondary N) is 2. The van der Waals surface area contributed by atoms with Crippen molar-refractivity contribution in [3.63, 3.8) is 0 Å². The second-order valence-corrected chi connectivity index (χ2v) is 8.71. The SMILES string of the molecule is O=C(CN1C(=S)N[C@@H](c2ccccn2)[C@@H]1c1cccn1-c1cccc(C(=O)O)c1)Nc1ccccc1. The van der Waals surface area contributed by atoms with Gasteiger partial charge in [-0.25, -0.2) is 4.79 Å². The zero-order valence-electron chi connectivity index (χ0n) is 19.1. The van der Waals surface area contributed by atoms with Gasteiger partial charge in [-0.1, -0.05) is 30.3 Å². The number of rotatable bonds is 7. The standard InChI is InChI=1S/C27H23N5O3S/c33-23(29-19-9-2-1-3-10-19)17-32-25(24(30-27(32)36)21-12-4-5-14-28-21)22-13-7-15-31(22)20-11-6-8-18(16-20)26(34)35/h1-16,24-25H,17H2,(H,29,33)(H,30,36)(H,34,35)/t24-,25-/m0/s1. The Hall–Kier alpha value is -4.50. The van der Waals surface area contributed by atoms with Crippen molar-refractivity contribution in [2.45, 2.75) is 12.1 Å². The summed E-state index contributed by atoms with van der Waals surface area (Å²) in [5.41, 5.74) is 3.21. The number of carbonyl (C=O) groups is 2. The van der Waals surface area contributed by atoms with Gasteiger partial charge in [0.1, 0.15) is 6.54 Å². The van der Waals surface area contributed by atoms with Gasteiger partial charge in [0.25, 0.3) is 0 Å². The van der Waals surface area contributed by atoms with E-state index < -0.39 is 5.97 Å². The maximum absolute atomic E-state index is 13.0. The molecule has 9 heteroatoms. The third-order valence-electron chi connectivity index (χ3n) is 6.02. The van der Waals surface area contributed by atoms with Crippen LogP contribution in [0.15, 0.2) is 97.3 Å². The van der Waals surface area contributed by atoms with Crippen LogP contribution < -0.4 is 10.6 Å². The number of aromatic carboxylic acids is 1. The predicted molar refractivity (Wildman–Crippen MR) is 140 cm³/mol. The maximum atomic E-state index is 13.0.